The van der Waals surface area contributed by atoms with Crippen molar-refractivity contribution in [1.29, 1.82) is 0 Å². The first-order valence-electron chi connectivity index (χ1n) is 6.79. The number of nitrogens with one attached hydrogen (secondary N) is 1. The lowest BCUT2D eigenvalue weighted by Crippen LogP contribution is -2.11. The van der Waals surface area contributed by atoms with E-state index in [1.165, 1.54) is 19.3 Å². The van der Waals surface area contributed by atoms with Crippen molar-refractivity contribution >= 4 is 17.3 Å². The van der Waals surface area contributed by atoms with Gasteiger partial charge in [0.05, 0.1) is 0 Å². The smallest absolute Gasteiger partial charge is 0.224 e. The predicted octanol–water partition coefficient (Wildman–Crippen LogP) is 3.88. The summed E-state index contributed by atoms with van der Waals surface area (Å²) in [5.74, 6) is 0.0785. The molecule has 0 heterocycles. The van der Waals surface area contributed by atoms with Crippen molar-refractivity contribution < 1.29 is 4.79 Å². The molecule has 100 valence electrons. The quantitative estimate of drug-likeness (QED) is 0.568. The van der Waals surface area contributed by atoms with Crippen LogP contribution in [-0.4, -0.2) is 5.91 Å². The molecule has 0 atom stereocenters. The number of hydrogen-bond donors (Lipinski definition) is 2. The highest BCUT2D eigenvalue weighted by Gasteiger charge is 2.03. The molecule has 1 aromatic rings. The van der Waals surface area contributed by atoms with Crippen molar-refractivity contribution in [2.24, 2.45) is 0 Å². The number of amides is 1. The monoisotopic (exact) mass is 248 g/mol. The van der Waals surface area contributed by atoms with Crippen LogP contribution in [-0.2, 0) is 4.79 Å². The van der Waals surface area contributed by atoms with Gasteiger partial charge >= 0.3 is 0 Å². The highest BCUT2D eigenvalue weighted by atomic mass is 16.1. The number of carbonyl (C=O) groups excluding carboxylic acids is 1. The zero-order chi connectivity index (χ0) is 13.4. The molecule has 0 bridgehead atoms. The fourth-order valence-corrected chi connectivity index (χ4v) is 1.83. The number of benzene rings is 1. The van der Waals surface area contributed by atoms with Gasteiger partial charge in [-0.05, 0) is 31.0 Å². The minimum absolute atomic E-state index is 0.0785. The number of unbranched alkanes of at least 4 members (excludes halogenated alkanes) is 4. The lowest BCUT2D eigenvalue weighted by atomic mass is 10.1. The predicted molar refractivity (Wildman–Crippen MR) is 77.6 cm³/mol. The summed E-state index contributed by atoms with van der Waals surface area (Å²) in [7, 11) is 0. The van der Waals surface area contributed by atoms with Gasteiger partial charge < -0.3 is 11.1 Å². The minimum Gasteiger partial charge on any atom is -0.398 e. The molecule has 1 aromatic carbocycles. The molecule has 0 fully saturated rings. The highest BCUT2D eigenvalue weighted by Crippen LogP contribution is 2.17. The summed E-state index contributed by atoms with van der Waals surface area (Å²) in [4.78, 5) is 11.7. The fraction of sp³-hybridized carbons (Fsp3) is 0.533. The highest BCUT2D eigenvalue weighted by molar-refractivity contribution is 5.91. The number of carbonyl (C=O) groups is 1. The molecule has 0 saturated heterocycles. The van der Waals surface area contributed by atoms with Gasteiger partial charge in [0.2, 0.25) is 5.91 Å². The van der Waals surface area contributed by atoms with Crippen molar-refractivity contribution in [3.63, 3.8) is 0 Å². The van der Waals surface area contributed by atoms with E-state index in [-0.39, 0.29) is 5.91 Å². The molecule has 3 heteroatoms. The van der Waals surface area contributed by atoms with Crippen LogP contribution in [0.15, 0.2) is 18.2 Å². The second-order valence-corrected chi connectivity index (χ2v) is 4.78. The van der Waals surface area contributed by atoms with Gasteiger partial charge in [0.25, 0.3) is 0 Å². The van der Waals surface area contributed by atoms with E-state index in [9.17, 15) is 4.79 Å². The molecule has 0 radical (unpaired) electrons. The Morgan fingerprint density at radius 1 is 1.22 bits per heavy atom. The molecule has 0 unspecified atom stereocenters. The summed E-state index contributed by atoms with van der Waals surface area (Å²) < 4.78 is 0. The average Bonchev–Trinajstić information content (AvgIpc) is 2.34. The number of rotatable bonds is 7. The van der Waals surface area contributed by atoms with E-state index in [4.69, 9.17) is 5.73 Å². The topological polar surface area (TPSA) is 55.1 Å². The van der Waals surface area contributed by atoms with E-state index in [2.05, 4.69) is 12.2 Å². The third-order valence-electron chi connectivity index (χ3n) is 3.07. The summed E-state index contributed by atoms with van der Waals surface area (Å²) in [6.07, 6.45) is 6.41. The van der Waals surface area contributed by atoms with E-state index >= 15 is 0 Å². The molecule has 18 heavy (non-hydrogen) atoms. The van der Waals surface area contributed by atoms with Crippen LogP contribution in [0.5, 0.6) is 0 Å². The van der Waals surface area contributed by atoms with Gasteiger partial charge in [-0.2, -0.15) is 0 Å². The van der Waals surface area contributed by atoms with Gasteiger partial charge in [0.1, 0.15) is 0 Å². The Kier molecular flexibility index (Phi) is 6.26. The van der Waals surface area contributed by atoms with Crippen LogP contribution in [0.3, 0.4) is 0 Å². The third-order valence-corrected chi connectivity index (χ3v) is 3.07. The summed E-state index contributed by atoms with van der Waals surface area (Å²) in [5, 5.41) is 2.88. The van der Waals surface area contributed by atoms with Crippen molar-refractivity contribution in [2.75, 3.05) is 11.1 Å². The maximum Gasteiger partial charge on any atom is 0.224 e. The van der Waals surface area contributed by atoms with Crippen molar-refractivity contribution in [1.82, 2.24) is 0 Å². The Labute approximate surface area is 110 Å². The van der Waals surface area contributed by atoms with Crippen molar-refractivity contribution in [3.8, 4) is 0 Å². The number of aryl methyl sites for hydroxylation is 1. The van der Waals surface area contributed by atoms with Crippen LogP contribution < -0.4 is 11.1 Å². The van der Waals surface area contributed by atoms with E-state index < -0.39 is 0 Å². The lowest BCUT2D eigenvalue weighted by molar-refractivity contribution is -0.116. The van der Waals surface area contributed by atoms with Crippen molar-refractivity contribution in [2.45, 2.75) is 52.4 Å². The number of hydrogen-bond acceptors (Lipinski definition) is 2. The number of anilines is 2. The summed E-state index contributed by atoms with van der Waals surface area (Å²) in [5.41, 5.74) is 8.34. The Morgan fingerprint density at radius 2 is 1.94 bits per heavy atom. The van der Waals surface area contributed by atoms with Crippen LogP contribution in [0.2, 0.25) is 0 Å². The van der Waals surface area contributed by atoms with Gasteiger partial charge in [-0.25, -0.2) is 0 Å². The Morgan fingerprint density at radius 3 is 2.61 bits per heavy atom. The van der Waals surface area contributed by atoms with Crippen LogP contribution in [0.1, 0.15) is 51.0 Å². The SMILES string of the molecule is CCCCCCCC(=O)Nc1ccc(C)c(N)c1. The molecule has 3 N–H and O–H groups in total. The van der Waals surface area contributed by atoms with Gasteiger partial charge in [-0.3, -0.25) is 4.79 Å². The zero-order valence-corrected chi connectivity index (χ0v) is 11.5. The molecule has 0 aromatic heterocycles. The van der Waals surface area contributed by atoms with Crippen LogP contribution >= 0.6 is 0 Å². The van der Waals surface area contributed by atoms with Gasteiger partial charge in [0.15, 0.2) is 0 Å². The van der Waals surface area contributed by atoms with E-state index in [0.29, 0.717) is 6.42 Å². The normalized spacial score (nSPS) is 10.3. The first-order valence-corrected chi connectivity index (χ1v) is 6.79. The second kappa shape index (κ2) is 7.75. The molecule has 0 aliphatic heterocycles. The van der Waals surface area contributed by atoms with Crippen LogP contribution in [0.4, 0.5) is 11.4 Å². The maximum atomic E-state index is 11.7. The molecule has 3 nitrogen and oxygen atoms in total. The number of nitrogen functional groups attached to an aromatic ring is 1. The third kappa shape index (κ3) is 5.21. The maximum absolute atomic E-state index is 11.7. The minimum atomic E-state index is 0.0785. The molecule has 1 amide bonds. The van der Waals surface area contributed by atoms with Gasteiger partial charge in [-0.15, -0.1) is 0 Å². The van der Waals surface area contributed by atoms with E-state index in [1.54, 1.807) is 0 Å². The molecular weight excluding hydrogens is 224 g/mol. The molecule has 0 aliphatic carbocycles. The Hall–Kier alpha value is -1.51. The zero-order valence-electron chi connectivity index (χ0n) is 11.5. The molecule has 0 spiro atoms. The molecule has 1 rings (SSSR count). The first-order chi connectivity index (χ1) is 8.63. The van der Waals surface area contributed by atoms with Crippen LogP contribution in [0.25, 0.3) is 0 Å². The van der Waals surface area contributed by atoms with Gasteiger partial charge in [0, 0.05) is 17.8 Å². The number of nitrogens with two attached hydrogens (primary N) is 1. The van der Waals surface area contributed by atoms with Crippen LogP contribution in [0, 0.1) is 6.92 Å². The van der Waals surface area contributed by atoms with Gasteiger partial charge in [-0.1, -0.05) is 38.7 Å². The van der Waals surface area contributed by atoms with E-state index in [0.717, 1.165) is 29.8 Å². The average molecular weight is 248 g/mol. The fourth-order valence-electron chi connectivity index (χ4n) is 1.83. The first kappa shape index (κ1) is 14.6. The second-order valence-electron chi connectivity index (χ2n) is 4.78. The molecule has 0 saturated carbocycles. The summed E-state index contributed by atoms with van der Waals surface area (Å²) in [6.45, 7) is 4.14. The Balaban J connectivity index is 2.29. The lowest BCUT2D eigenvalue weighted by Gasteiger charge is -2.07. The standard InChI is InChI=1S/C15H24N2O/c1-3-4-5-6-7-8-15(18)17-13-10-9-12(2)14(16)11-13/h9-11H,3-8,16H2,1-2H3,(H,17,18). The van der Waals surface area contributed by atoms with Crippen molar-refractivity contribution in [3.05, 3.63) is 23.8 Å². The molecule has 0 aliphatic rings. The largest absolute Gasteiger partial charge is 0.398 e. The summed E-state index contributed by atoms with van der Waals surface area (Å²) in [6, 6.07) is 5.62. The van der Waals surface area contributed by atoms with E-state index in [1.807, 2.05) is 25.1 Å². The molecular formula is C15H24N2O. The summed E-state index contributed by atoms with van der Waals surface area (Å²) >= 11 is 0. The Bertz CT molecular complexity index is 388.